The van der Waals surface area contributed by atoms with Crippen LogP contribution in [0.15, 0.2) is 170 Å². The summed E-state index contributed by atoms with van der Waals surface area (Å²) in [6.07, 6.45) is 0. The first-order valence-corrected chi connectivity index (χ1v) is 16.5. The van der Waals surface area contributed by atoms with Crippen LogP contribution in [0.25, 0.3) is 94.0 Å². The summed E-state index contributed by atoms with van der Waals surface area (Å²) in [6.45, 7) is 0. The average molecular weight is 625 g/mol. The van der Waals surface area contributed by atoms with Gasteiger partial charge in [0.2, 0.25) is 0 Å². The molecule has 228 valence electrons. The van der Waals surface area contributed by atoms with E-state index in [0.29, 0.717) is 17.5 Å². The number of hydrogen-bond donors (Lipinski definition) is 0. The van der Waals surface area contributed by atoms with Gasteiger partial charge in [-0.05, 0) is 86.9 Å². The highest BCUT2D eigenvalue weighted by molar-refractivity contribution is 6.13. The molecule has 4 heteroatoms. The fraction of sp³-hybridized carbons (Fsp3) is 0. The summed E-state index contributed by atoms with van der Waals surface area (Å²) in [7, 11) is 0. The molecule has 2 heterocycles. The predicted molar refractivity (Wildman–Crippen MR) is 203 cm³/mol. The Kier molecular flexibility index (Phi) is 6.15. The van der Waals surface area contributed by atoms with Gasteiger partial charge in [0, 0.05) is 33.2 Å². The average Bonchev–Trinajstić information content (AvgIpc) is 3.49. The molecule has 0 aliphatic rings. The fourth-order valence-corrected chi connectivity index (χ4v) is 7.11. The number of hydrogen-bond acceptors (Lipinski definition) is 3. The van der Waals surface area contributed by atoms with Crippen molar-refractivity contribution in [3.05, 3.63) is 170 Å². The van der Waals surface area contributed by atoms with E-state index < -0.39 is 0 Å². The highest BCUT2D eigenvalue weighted by Crippen LogP contribution is 2.36. The molecule has 10 aromatic rings. The molecule has 0 amide bonds. The van der Waals surface area contributed by atoms with Gasteiger partial charge < -0.3 is 4.57 Å². The van der Waals surface area contributed by atoms with E-state index in [1.807, 2.05) is 0 Å². The highest BCUT2D eigenvalue weighted by Gasteiger charge is 2.16. The topological polar surface area (TPSA) is 43.6 Å². The van der Waals surface area contributed by atoms with Crippen LogP contribution in [0.4, 0.5) is 0 Å². The van der Waals surface area contributed by atoms with Crippen molar-refractivity contribution in [2.24, 2.45) is 0 Å². The van der Waals surface area contributed by atoms with Crippen LogP contribution in [0.2, 0.25) is 0 Å². The maximum absolute atomic E-state index is 5.07. The Bertz CT molecular complexity index is 2790. The summed E-state index contributed by atoms with van der Waals surface area (Å²) in [6, 6.07) is 59.9. The number of benzene rings is 8. The Balaban J connectivity index is 1.13. The van der Waals surface area contributed by atoms with Crippen LogP contribution in [-0.2, 0) is 0 Å². The lowest BCUT2D eigenvalue weighted by atomic mass is 10.1. The van der Waals surface area contributed by atoms with E-state index in [1.165, 1.54) is 43.4 Å². The van der Waals surface area contributed by atoms with Gasteiger partial charge in [0.15, 0.2) is 17.5 Å². The Morgan fingerprint density at radius 1 is 0.306 bits per heavy atom. The number of rotatable bonds is 4. The third-order valence-electron chi connectivity index (χ3n) is 9.57. The van der Waals surface area contributed by atoms with Crippen molar-refractivity contribution in [3.8, 4) is 39.9 Å². The third kappa shape index (κ3) is 4.65. The quantitative estimate of drug-likeness (QED) is 0.196. The summed E-state index contributed by atoms with van der Waals surface area (Å²) in [5.74, 6) is 1.94. The van der Waals surface area contributed by atoms with Crippen LogP contribution in [0.3, 0.4) is 0 Å². The molecule has 0 bridgehead atoms. The molecule has 8 aromatic carbocycles. The molecule has 10 rings (SSSR count). The lowest BCUT2D eigenvalue weighted by Gasteiger charge is -2.11. The van der Waals surface area contributed by atoms with Crippen LogP contribution >= 0.6 is 0 Å². The first-order valence-electron chi connectivity index (χ1n) is 16.5. The number of nitrogens with zero attached hydrogens (tertiary/aromatic N) is 4. The predicted octanol–water partition coefficient (Wildman–Crippen LogP) is 11.4. The Hall–Kier alpha value is -6.65. The monoisotopic (exact) mass is 624 g/mol. The largest absolute Gasteiger partial charge is 0.309 e. The minimum Gasteiger partial charge on any atom is -0.309 e. The molecule has 0 N–H and O–H groups in total. The molecule has 0 saturated carbocycles. The molecule has 0 atom stereocenters. The maximum Gasteiger partial charge on any atom is 0.164 e. The van der Waals surface area contributed by atoms with Gasteiger partial charge in [0.25, 0.3) is 0 Å². The van der Waals surface area contributed by atoms with Gasteiger partial charge in [-0.25, -0.2) is 15.0 Å². The summed E-state index contributed by atoms with van der Waals surface area (Å²) in [5.41, 5.74) is 6.30. The maximum atomic E-state index is 5.07. The number of fused-ring (bicyclic) bond motifs is 6. The molecule has 0 aliphatic heterocycles. The van der Waals surface area contributed by atoms with Gasteiger partial charge >= 0.3 is 0 Å². The first kappa shape index (κ1) is 27.5. The molecule has 0 aliphatic carbocycles. The van der Waals surface area contributed by atoms with Crippen molar-refractivity contribution in [1.82, 2.24) is 19.5 Å². The molecule has 4 nitrogen and oxygen atoms in total. The van der Waals surface area contributed by atoms with E-state index in [4.69, 9.17) is 15.0 Å². The van der Waals surface area contributed by atoms with Crippen LogP contribution in [0.1, 0.15) is 0 Å². The zero-order chi connectivity index (χ0) is 32.3. The summed E-state index contributed by atoms with van der Waals surface area (Å²) in [5, 5.41) is 9.62. The molecule has 49 heavy (non-hydrogen) atoms. The normalized spacial score (nSPS) is 11.7. The van der Waals surface area contributed by atoms with Gasteiger partial charge in [-0.2, -0.15) is 0 Å². The number of aromatic nitrogens is 4. The van der Waals surface area contributed by atoms with E-state index in [9.17, 15) is 0 Å². The van der Waals surface area contributed by atoms with E-state index >= 15 is 0 Å². The summed E-state index contributed by atoms with van der Waals surface area (Å²) >= 11 is 0. The van der Waals surface area contributed by atoms with Crippen molar-refractivity contribution in [2.45, 2.75) is 0 Å². The molecule has 0 radical (unpaired) electrons. The number of para-hydroxylation sites is 1. The summed E-state index contributed by atoms with van der Waals surface area (Å²) < 4.78 is 2.36. The molecule has 0 fully saturated rings. The zero-order valence-corrected chi connectivity index (χ0v) is 26.5. The van der Waals surface area contributed by atoms with Crippen molar-refractivity contribution in [2.75, 3.05) is 0 Å². The second-order valence-electron chi connectivity index (χ2n) is 12.5. The first-order chi connectivity index (χ1) is 24.2. The van der Waals surface area contributed by atoms with Gasteiger partial charge in [-0.3, -0.25) is 0 Å². The van der Waals surface area contributed by atoms with Gasteiger partial charge in [-0.15, -0.1) is 0 Å². The van der Waals surface area contributed by atoms with E-state index in [2.05, 4.69) is 174 Å². The Morgan fingerprint density at radius 3 is 1.35 bits per heavy atom. The second-order valence-corrected chi connectivity index (χ2v) is 12.5. The SMILES string of the molecule is c1ccc2cc(-c3nc(-c4ccc(-n5c6ccccc6c6cc7ccccc7cc65)cc4)nc(-c4ccc5ccccc5c4)n3)ccc2c1. The van der Waals surface area contributed by atoms with Crippen LogP contribution in [0.5, 0.6) is 0 Å². The lowest BCUT2D eigenvalue weighted by Crippen LogP contribution is -2.01. The molecule has 2 aromatic heterocycles. The van der Waals surface area contributed by atoms with E-state index in [-0.39, 0.29) is 0 Å². The van der Waals surface area contributed by atoms with Crippen molar-refractivity contribution >= 4 is 54.1 Å². The van der Waals surface area contributed by atoms with Crippen molar-refractivity contribution in [3.63, 3.8) is 0 Å². The minimum absolute atomic E-state index is 0.640. The lowest BCUT2D eigenvalue weighted by molar-refractivity contribution is 1.07. The van der Waals surface area contributed by atoms with Crippen LogP contribution in [-0.4, -0.2) is 19.5 Å². The van der Waals surface area contributed by atoms with E-state index in [1.54, 1.807) is 0 Å². The molecule has 0 spiro atoms. The van der Waals surface area contributed by atoms with Gasteiger partial charge in [-0.1, -0.05) is 115 Å². The molecule has 0 unspecified atom stereocenters. The fourth-order valence-electron chi connectivity index (χ4n) is 7.11. The highest BCUT2D eigenvalue weighted by atomic mass is 15.0. The van der Waals surface area contributed by atoms with Crippen LogP contribution in [0, 0.1) is 0 Å². The second kappa shape index (κ2) is 11.0. The smallest absolute Gasteiger partial charge is 0.164 e. The zero-order valence-electron chi connectivity index (χ0n) is 26.5. The van der Waals surface area contributed by atoms with Gasteiger partial charge in [0.05, 0.1) is 11.0 Å². The minimum atomic E-state index is 0.640. The molecular weight excluding hydrogens is 597 g/mol. The van der Waals surface area contributed by atoms with Crippen molar-refractivity contribution in [1.29, 1.82) is 0 Å². The Morgan fingerprint density at radius 2 is 0.755 bits per heavy atom. The standard InChI is InChI=1S/C45H28N4/c1-3-11-32-25-36(19-17-29(32)9-1)44-46-43(47-45(48-44)37-20-18-30-10-2-4-12-33(30)26-37)31-21-23-38(24-22-31)49-41-16-8-7-15-39(41)40-27-34-13-5-6-14-35(34)28-42(40)49/h1-28H. The Labute approximate surface area is 282 Å². The molecular formula is C45H28N4. The van der Waals surface area contributed by atoms with E-state index in [0.717, 1.165) is 33.2 Å². The van der Waals surface area contributed by atoms with Crippen molar-refractivity contribution < 1.29 is 0 Å². The van der Waals surface area contributed by atoms with Gasteiger partial charge in [0.1, 0.15) is 0 Å². The third-order valence-corrected chi connectivity index (χ3v) is 9.57. The summed E-state index contributed by atoms with van der Waals surface area (Å²) in [4.78, 5) is 15.2. The molecule has 0 saturated heterocycles. The van der Waals surface area contributed by atoms with Crippen LogP contribution < -0.4 is 0 Å².